The molecular weight excluding hydrogens is 320 g/mol. The lowest BCUT2D eigenvalue weighted by atomic mass is 9.87. The molecule has 0 unspecified atom stereocenters. The predicted molar refractivity (Wildman–Crippen MR) is 107 cm³/mol. The zero-order valence-corrected chi connectivity index (χ0v) is 16.2. The average molecular weight is 351 g/mol. The third kappa shape index (κ3) is 4.73. The van der Waals surface area contributed by atoms with E-state index in [1.54, 1.807) is 0 Å². The van der Waals surface area contributed by atoms with Gasteiger partial charge in [0.15, 0.2) is 0 Å². The summed E-state index contributed by atoms with van der Waals surface area (Å²) in [5.74, 6) is -0.0126. The molecule has 2 aromatic carbocycles. The summed E-state index contributed by atoms with van der Waals surface area (Å²) in [5.41, 5.74) is 4.58. The monoisotopic (exact) mass is 350 g/mol. The number of carbonyl (C=O) groups is 1. The van der Waals surface area contributed by atoms with Gasteiger partial charge < -0.3 is 5.32 Å². The van der Waals surface area contributed by atoms with Crippen molar-refractivity contribution < 1.29 is 4.79 Å². The summed E-state index contributed by atoms with van der Waals surface area (Å²) in [6.45, 7) is 10.5. The standard InChI is InChI=1S/C23H30N2O/c1-23(2,3)21-12-10-18(11-13-21)22(26)24-16-19-8-4-5-9-20(19)17-25-14-6-7-15-25/h4-5,8-13H,6-7,14-17H2,1-3H3,(H,24,26). The SMILES string of the molecule is CC(C)(C)c1ccc(C(=O)NCc2ccccc2CN2CCCC2)cc1. The van der Waals surface area contributed by atoms with Crippen molar-refractivity contribution in [2.75, 3.05) is 13.1 Å². The number of rotatable bonds is 5. The molecule has 3 nitrogen and oxygen atoms in total. The van der Waals surface area contributed by atoms with E-state index in [4.69, 9.17) is 0 Å². The first kappa shape index (κ1) is 18.7. The summed E-state index contributed by atoms with van der Waals surface area (Å²) in [4.78, 5) is 15.0. The molecule has 1 N–H and O–H groups in total. The molecule has 0 atom stereocenters. The second kappa shape index (κ2) is 8.05. The Balaban J connectivity index is 1.62. The van der Waals surface area contributed by atoms with Crippen molar-refractivity contribution in [3.63, 3.8) is 0 Å². The highest BCUT2D eigenvalue weighted by Gasteiger charge is 2.15. The van der Waals surface area contributed by atoms with Gasteiger partial charge in [-0.25, -0.2) is 0 Å². The minimum Gasteiger partial charge on any atom is -0.348 e. The first-order valence-corrected chi connectivity index (χ1v) is 9.61. The van der Waals surface area contributed by atoms with Crippen molar-refractivity contribution in [1.82, 2.24) is 10.2 Å². The number of hydrogen-bond donors (Lipinski definition) is 1. The molecule has 0 aromatic heterocycles. The van der Waals surface area contributed by atoms with Gasteiger partial charge in [-0.1, -0.05) is 57.2 Å². The Morgan fingerprint density at radius 1 is 0.962 bits per heavy atom. The molecule has 1 fully saturated rings. The van der Waals surface area contributed by atoms with Crippen molar-refractivity contribution in [3.05, 3.63) is 70.8 Å². The molecule has 0 aliphatic carbocycles. The summed E-state index contributed by atoms with van der Waals surface area (Å²) >= 11 is 0. The highest BCUT2D eigenvalue weighted by atomic mass is 16.1. The van der Waals surface area contributed by atoms with Gasteiger partial charge >= 0.3 is 0 Å². The lowest BCUT2D eigenvalue weighted by Crippen LogP contribution is -2.25. The first-order valence-electron chi connectivity index (χ1n) is 9.61. The number of nitrogens with zero attached hydrogens (tertiary/aromatic N) is 1. The smallest absolute Gasteiger partial charge is 0.251 e. The summed E-state index contributed by atoms with van der Waals surface area (Å²) < 4.78 is 0. The van der Waals surface area contributed by atoms with E-state index in [0.717, 1.165) is 12.1 Å². The molecule has 138 valence electrons. The molecule has 3 heteroatoms. The van der Waals surface area contributed by atoms with Crippen LogP contribution in [0.15, 0.2) is 48.5 Å². The van der Waals surface area contributed by atoms with E-state index >= 15 is 0 Å². The van der Waals surface area contributed by atoms with Gasteiger partial charge in [0.05, 0.1) is 0 Å². The Labute approximate surface area is 157 Å². The predicted octanol–water partition coefficient (Wildman–Crippen LogP) is 4.51. The van der Waals surface area contributed by atoms with Crippen LogP contribution in [0.1, 0.15) is 60.7 Å². The van der Waals surface area contributed by atoms with Gasteiger partial charge in [-0.2, -0.15) is 0 Å². The fraction of sp³-hybridized carbons (Fsp3) is 0.435. The lowest BCUT2D eigenvalue weighted by Gasteiger charge is -2.19. The molecule has 1 aliphatic rings. The molecule has 1 aliphatic heterocycles. The normalized spacial score (nSPS) is 15.2. The van der Waals surface area contributed by atoms with Crippen molar-refractivity contribution in [3.8, 4) is 0 Å². The van der Waals surface area contributed by atoms with Gasteiger partial charge in [0.2, 0.25) is 0 Å². The van der Waals surface area contributed by atoms with Crippen LogP contribution in [0.5, 0.6) is 0 Å². The molecule has 1 heterocycles. The van der Waals surface area contributed by atoms with Gasteiger partial charge in [-0.3, -0.25) is 9.69 Å². The van der Waals surface area contributed by atoms with Crippen LogP contribution in [0.25, 0.3) is 0 Å². The highest BCUT2D eigenvalue weighted by molar-refractivity contribution is 5.94. The van der Waals surface area contributed by atoms with E-state index in [-0.39, 0.29) is 11.3 Å². The van der Waals surface area contributed by atoms with Gasteiger partial charge in [0, 0.05) is 18.7 Å². The summed E-state index contributed by atoms with van der Waals surface area (Å²) in [6, 6.07) is 16.4. The maximum atomic E-state index is 12.5. The van der Waals surface area contributed by atoms with E-state index in [0.29, 0.717) is 6.54 Å². The maximum Gasteiger partial charge on any atom is 0.251 e. The summed E-state index contributed by atoms with van der Waals surface area (Å²) in [6.07, 6.45) is 2.59. The molecule has 1 saturated heterocycles. The summed E-state index contributed by atoms with van der Waals surface area (Å²) in [5, 5.41) is 3.08. The van der Waals surface area contributed by atoms with E-state index in [9.17, 15) is 4.79 Å². The van der Waals surface area contributed by atoms with Crippen LogP contribution < -0.4 is 5.32 Å². The number of hydrogen-bond acceptors (Lipinski definition) is 2. The van der Waals surface area contributed by atoms with Gasteiger partial charge in [0.25, 0.3) is 5.91 Å². The highest BCUT2D eigenvalue weighted by Crippen LogP contribution is 2.22. The van der Waals surface area contributed by atoms with Crippen LogP contribution in [0.3, 0.4) is 0 Å². The molecule has 0 spiro atoms. The van der Waals surface area contributed by atoms with Crippen LogP contribution in [-0.4, -0.2) is 23.9 Å². The van der Waals surface area contributed by atoms with E-state index in [1.165, 1.54) is 42.6 Å². The van der Waals surface area contributed by atoms with Crippen molar-refractivity contribution in [2.45, 2.75) is 52.1 Å². The van der Waals surface area contributed by atoms with Crippen molar-refractivity contribution in [2.24, 2.45) is 0 Å². The quantitative estimate of drug-likeness (QED) is 0.860. The Bertz CT molecular complexity index is 738. The molecule has 2 aromatic rings. The molecule has 1 amide bonds. The zero-order valence-electron chi connectivity index (χ0n) is 16.2. The molecule has 26 heavy (non-hydrogen) atoms. The third-order valence-electron chi connectivity index (χ3n) is 5.16. The zero-order chi connectivity index (χ0) is 18.6. The minimum atomic E-state index is -0.0126. The Morgan fingerprint density at radius 3 is 2.19 bits per heavy atom. The van der Waals surface area contributed by atoms with E-state index < -0.39 is 0 Å². The molecular formula is C23H30N2O. The minimum absolute atomic E-state index is 0.0126. The van der Waals surface area contributed by atoms with Crippen LogP contribution in [0, 0.1) is 0 Å². The summed E-state index contributed by atoms with van der Waals surface area (Å²) in [7, 11) is 0. The topological polar surface area (TPSA) is 32.3 Å². The number of benzene rings is 2. The molecule has 0 bridgehead atoms. The fourth-order valence-electron chi connectivity index (χ4n) is 3.47. The number of likely N-dealkylation sites (tertiary alicyclic amines) is 1. The first-order chi connectivity index (χ1) is 12.4. The maximum absolute atomic E-state index is 12.5. The number of carbonyl (C=O) groups excluding carboxylic acids is 1. The van der Waals surface area contributed by atoms with Crippen LogP contribution in [0.4, 0.5) is 0 Å². The van der Waals surface area contributed by atoms with Gasteiger partial charge in [0.1, 0.15) is 0 Å². The number of amides is 1. The Morgan fingerprint density at radius 2 is 1.58 bits per heavy atom. The van der Waals surface area contributed by atoms with E-state index in [2.05, 4.69) is 61.3 Å². The Kier molecular flexibility index (Phi) is 5.77. The second-order valence-electron chi connectivity index (χ2n) is 8.26. The largest absolute Gasteiger partial charge is 0.348 e. The fourth-order valence-corrected chi connectivity index (χ4v) is 3.47. The lowest BCUT2D eigenvalue weighted by molar-refractivity contribution is 0.0950. The van der Waals surface area contributed by atoms with Crippen molar-refractivity contribution in [1.29, 1.82) is 0 Å². The second-order valence-corrected chi connectivity index (χ2v) is 8.26. The van der Waals surface area contributed by atoms with E-state index in [1.807, 2.05) is 18.2 Å². The van der Waals surface area contributed by atoms with Gasteiger partial charge in [-0.15, -0.1) is 0 Å². The third-order valence-corrected chi connectivity index (χ3v) is 5.16. The molecule has 0 saturated carbocycles. The molecule has 0 radical (unpaired) electrons. The van der Waals surface area contributed by atoms with Crippen LogP contribution >= 0.6 is 0 Å². The average Bonchev–Trinajstić information content (AvgIpc) is 3.13. The number of nitrogens with one attached hydrogen (secondary N) is 1. The van der Waals surface area contributed by atoms with Crippen LogP contribution in [0.2, 0.25) is 0 Å². The van der Waals surface area contributed by atoms with Crippen LogP contribution in [-0.2, 0) is 18.5 Å². The van der Waals surface area contributed by atoms with Crippen molar-refractivity contribution >= 4 is 5.91 Å². The molecule has 3 rings (SSSR count). The Hall–Kier alpha value is -2.13. The van der Waals surface area contributed by atoms with Gasteiger partial charge in [-0.05, 0) is 60.2 Å².